The lowest BCUT2D eigenvalue weighted by molar-refractivity contribution is -0.141. The zero-order valence-corrected chi connectivity index (χ0v) is 11.6. The summed E-state index contributed by atoms with van der Waals surface area (Å²) in [6, 6.07) is 0. The molecule has 2 N–H and O–H groups in total. The van der Waals surface area contributed by atoms with Crippen LogP contribution in [0.15, 0.2) is 0 Å². The molecular weight excluding hydrogens is 230 g/mol. The van der Waals surface area contributed by atoms with E-state index in [1.807, 2.05) is 0 Å². The average Bonchev–Trinajstić information content (AvgIpc) is 2.35. The number of amides is 1. The van der Waals surface area contributed by atoms with E-state index in [4.69, 9.17) is 5.11 Å². The Bertz CT molecular complexity index is 293. The standard InChI is InChI=1S/C14H25NO3/c1-9(2)11-4-6-12(7-5-11)13(16)15-8-10(3)14(17)18/h9-12H,4-8H2,1-3H3,(H,15,16)(H,17,18). The van der Waals surface area contributed by atoms with E-state index >= 15 is 0 Å². The maximum Gasteiger partial charge on any atom is 0.308 e. The number of hydrogen-bond donors (Lipinski definition) is 2. The number of carboxylic acids is 1. The Morgan fingerprint density at radius 2 is 1.72 bits per heavy atom. The lowest BCUT2D eigenvalue weighted by Crippen LogP contribution is -2.37. The van der Waals surface area contributed by atoms with Crippen molar-refractivity contribution in [1.82, 2.24) is 5.32 Å². The molecule has 0 heterocycles. The van der Waals surface area contributed by atoms with Crippen molar-refractivity contribution in [3.05, 3.63) is 0 Å². The van der Waals surface area contributed by atoms with E-state index < -0.39 is 11.9 Å². The molecule has 1 fully saturated rings. The summed E-state index contributed by atoms with van der Waals surface area (Å²) in [5, 5.41) is 11.5. The summed E-state index contributed by atoms with van der Waals surface area (Å²) in [5.41, 5.74) is 0. The highest BCUT2D eigenvalue weighted by Crippen LogP contribution is 2.33. The lowest BCUT2D eigenvalue weighted by atomic mass is 9.76. The average molecular weight is 255 g/mol. The first-order valence-electron chi connectivity index (χ1n) is 6.92. The third kappa shape index (κ3) is 4.31. The van der Waals surface area contributed by atoms with Gasteiger partial charge in [0, 0.05) is 12.5 Å². The molecule has 1 aliphatic carbocycles. The fraction of sp³-hybridized carbons (Fsp3) is 0.857. The molecule has 1 unspecified atom stereocenters. The van der Waals surface area contributed by atoms with Crippen LogP contribution in [0, 0.1) is 23.7 Å². The molecule has 1 aliphatic rings. The van der Waals surface area contributed by atoms with E-state index in [-0.39, 0.29) is 18.4 Å². The molecule has 0 aromatic carbocycles. The monoisotopic (exact) mass is 255 g/mol. The topological polar surface area (TPSA) is 66.4 Å². The first-order chi connectivity index (χ1) is 8.41. The highest BCUT2D eigenvalue weighted by molar-refractivity contribution is 5.79. The molecule has 0 aliphatic heterocycles. The number of carboxylic acid groups (broad SMARTS) is 1. The molecule has 1 saturated carbocycles. The van der Waals surface area contributed by atoms with Crippen LogP contribution in [-0.4, -0.2) is 23.5 Å². The Hall–Kier alpha value is -1.06. The third-order valence-electron chi connectivity index (χ3n) is 4.09. The van der Waals surface area contributed by atoms with Crippen molar-refractivity contribution in [3.63, 3.8) is 0 Å². The summed E-state index contributed by atoms with van der Waals surface area (Å²) in [7, 11) is 0. The van der Waals surface area contributed by atoms with Gasteiger partial charge in [-0.25, -0.2) is 0 Å². The molecule has 0 bridgehead atoms. The second-order valence-corrected chi connectivity index (χ2v) is 5.84. The van der Waals surface area contributed by atoms with E-state index in [0.717, 1.165) is 31.6 Å². The maximum absolute atomic E-state index is 11.9. The predicted octanol–water partition coefficient (Wildman–Crippen LogP) is 2.29. The van der Waals surface area contributed by atoms with Crippen molar-refractivity contribution in [1.29, 1.82) is 0 Å². The van der Waals surface area contributed by atoms with Crippen molar-refractivity contribution in [2.45, 2.75) is 46.5 Å². The fourth-order valence-corrected chi connectivity index (χ4v) is 2.53. The lowest BCUT2D eigenvalue weighted by Gasteiger charge is -2.30. The van der Waals surface area contributed by atoms with Crippen LogP contribution < -0.4 is 5.32 Å². The van der Waals surface area contributed by atoms with E-state index in [9.17, 15) is 9.59 Å². The highest BCUT2D eigenvalue weighted by Gasteiger charge is 2.27. The molecule has 1 amide bonds. The van der Waals surface area contributed by atoms with Crippen LogP contribution in [0.4, 0.5) is 0 Å². The Kier molecular flexibility index (Phi) is 5.63. The van der Waals surface area contributed by atoms with Crippen molar-refractivity contribution in [3.8, 4) is 0 Å². The van der Waals surface area contributed by atoms with Crippen LogP contribution in [0.5, 0.6) is 0 Å². The van der Waals surface area contributed by atoms with Gasteiger partial charge in [0.15, 0.2) is 0 Å². The van der Waals surface area contributed by atoms with Gasteiger partial charge in [0.05, 0.1) is 5.92 Å². The van der Waals surface area contributed by atoms with Gasteiger partial charge >= 0.3 is 5.97 Å². The molecule has 0 aromatic heterocycles. The largest absolute Gasteiger partial charge is 0.481 e. The predicted molar refractivity (Wildman–Crippen MR) is 70.1 cm³/mol. The maximum atomic E-state index is 11.9. The van der Waals surface area contributed by atoms with Crippen LogP contribution in [0.1, 0.15) is 46.5 Å². The number of aliphatic carboxylic acids is 1. The number of carbonyl (C=O) groups is 2. The van der Waals surface area contributed by atoms with E-state index in [1.54, 1.807) is 6.92 Å². The van der Waals surface area contributed by atoms with Gasteiger partial charge in [-0.2, -0.15) is 0 Å². The number of rotatable bonds is 5. The van der Waals surface area contributed by atoms with Crippen molar-refractivity contribution in [2.75, 3.05) is 6.54 Å². The minimum atomic E-state index is -0.862. The van der Waals surface area contributed by atoms with E-state index in [1.165, 1.54) is 0 Å². The number of hydrogen-bond acceptors (Lipinski definition) is 2. The molecule has 0 radical (unpaired) electrons. The Balaban J connectivity index is 2.30. The van der Waals surface area contributed by atoms with Gasteiger partial charge in [-0.05, 0) is 37.5 Å². The van der Waals surface area contributed by atoms with Crippen molar-refractivity contribution >= 4 is 11.9 Å². The first kappa shape index (κ1) is 15.0. The minimum Gasteiger partial charge on any atom is -0.481 e. The Morgan fingerprint density at radius 1 is 1.17 bits per heavy atom. The first-order valence-corrected chi connectivity index (χ1v) is 6.92. The van der Waals surface area contributed by atoms with Gasteiger partial charge in [0.2, 0.25) is 5.91 Å². The molecule has 0 saturated heterocycles. The van der Waals surface area contributed by atoms with Crippen molar-refractivity contribution < 1.29 is 14.7 Å². The Labute approximate surface area is 109 Å². The number of nitrogens with one attached hydrogen (secondary N) is 1. The minimum absolute atomic E-state index is 0.0327. The summed E-state index contributed by atoms with van der Waals surface area (Å²) in [4.78, 5) is 22.6. The Morgan fingerprint density at radius 3 is 2.17 bits per heavy atom. The van der Waals surface area contributed by atoms with Crippen LogP contribution >= 0.6 is 0 Å². The van der Waals surface area contributed by atoms with E-state index in [2.05, 4.69) is 19.2 Å². The van der Waals surface area contributed by atoms with Gasteiger partial charge in [0.1, 0.15) is 0 Å². The zero-order chi connectivity index (χ0) is 13.7. The summed E-state index contributed by atoms with van der Waals surface area (Å²) < 4.78 is 0. The second kappa shape index (κ2) is 6.76. The molecule has 1 atom stereocenters. The number of carbonyl (C=O) groups excluding carboxylic acids is 1. The van der Waals surface area contributed by atoms with Crippen LogP contribution in [-0.2, 0) is 9.59 Å². The van der Waals surface area contributed by atoms with Crippen molar-refractivity contribution in [2.24, 2.45) is 23.7 Å². The summed E-state index contributed by atoms with van der Waals surface area (Å²) in [5.74, 6) is 0.180. The smallest absolute Gasteiger partial charge is 0.308 e. The van der Waals surface area contributed by atoms with Gasteiger partial charge < -0.3 is 10.4 Å². The van der Waals surface area contributed by atoms with Gasteiger partial charge in [0.25, 0.3) is 0 Å². The molecule has 4 heteroatoms. The van der Waals surface area contributed by atoms with Crippen LogP contribution in [0.25, 0.3) is 0 Å². The SMILES string of the molecule is CC(CNC(=O)C1CCC(C(C)C)CC1)C(=O)O. The quantitative estimate of drug-likeness (QED) is 0.792. The van der Waals surface area contributed by atoms with Crippen LogP contribution in [0.2, 0.25) is 0 Å². The van der Waals surface area contributed by atoms with Gasteiger partial charge in [-0.3, -0.25) is 9.59 Å². The second-order valence-electron chi connectivity index (χ2n) is 5.84. The van der Waals surface area contributed by atoms with Gasteiger partial charge in [-0.1, -0.05) is 20.8 Å². The highest BCUT2D eigenvalue weighted by atomic mass is 16.4. The third-order valence-corrected chi connectivity index (χ3v) is 4.09. The fourth-order valence-electron chi connectivity index (χ4n) is 2.53. The molecule has 4 nitrogen and oxygen atoms in total. The summed E-state index contributed by atoms with van der Waals surface area (Å²) in [6.07, 6.45) is 4.11. The normalized spacial score (nSPS) is 25.8. The van der Waals surface area contributed by atoms with Gasteiger partial charge in [-0.15, -0.1) is 0 Å². The molecule has 0 spiro atoms. The summed E-state index contributed by atoms with van der Waals surface area (Å²) in [6.45, 7) is 6.32. The molecule has 1 rings (SSSR count). The zero-order valence-electron chi connectivity index (χ0n) is 11.6. The molecule has 18 heavy (non-hydrogen) atoms. The summed E-state index contributed by atoms with van der Waals surface area (Å²) >= 11 is 0. The van der Waals surface area contributed by atoms with Crippen LogP contribution in [0.3, 0.4) is 0 Å². The van der Waals surface area contributed by atoms with E-state index in [0.29, 0.717) is 5.92 Å². The molecular formula is C14H25NO3. The molecule has 104 valence electrons. The molecule has 0 aromatic rings.